The van der Waals surface area contributed by atoms with Crippen LogP contribution in [0.2, 0.25) is 0 Å². The molecule has 0 saturated heterocycles. The van der Waals surface area contributed by atoms with Gasteiger partial charge in [-0.3, -0.25) is 4.79 Å². The van der Waals surface area contributed by atoms with Gasteiger partial charge < -0.3 is 11.1 Å². The van der Waals surface area contributed by atoms with Crippen LogP contribution in [0.4, 0.5) is 0 Å². The van der Waals surface area contributed by atoms with Crippen molar-refractivity contribution in [1.29, 1.82) is 0 Å². The molecule has 1 aromatic carbocycles. The fourth-order valence-electron chi connectivity index (χ4n) is 1.93. The van der Waals surface area contributed by atoms with E-state index in [1.54, 1.807) is 0 Å². The highest BCUT2D eigenvalue weighted by Gasteiger charge is 2.21. The first-order valence-corrected chi connectivity index (χ1v) is 6.91. The van der Waals surface area contributed by atoms with Gasteiger partial charge in [-0.15, -0.1) is 12.4 Å². The van der Waals surface area contributed by atoms with E-state index in [1.165, 1.54) is 11.1 Å². The normalized spacial score (nSPS) is 12.4. The summed E-state index contributed by atoms with van der Waals surface area (Å²) in [7, 11) is 0. The number of halogens is 1. The third kappa shape index (κ3) is 6.40. The van der Waals surface area contributed by atoms with Crippen LogP contribution < -0.4 is 11.1 Å². The van der Waals surface area contributed by atoms with E-state index in [9.17, 15) is 4.79 Å². The van der Waals surface area contributed by atoms with E-state index in [0.29, 0.717) is 13.0 Å². The molecule has 0 aliphatic rings. The van der Waals surface area contributed by atoms with Crippen molar-refractivity contribution in [2.45, 2.75) is 52.0 Å². The smallest absolute Gasteiger partial charge is 0.220 e. The zero-order valence-corrected chi connectivity index (χ0v) is 13.7. The third-order valence-electron chi connectivity index (χ3n) is 3.35. The summed E-state index contributed by atoms with van der Waals surface area (Å²) in [5.41, 5.74) is 8.09. The molecule has 3 nitrogen and oxygen atoms in total. The maximum absolute atomic E-state index is 11.7. The number of carbonyl (C=O) groups is 1. The summed E-state index contributed by atoms with van der Waals surface area (Å²) in [6.45, 7) is 8.94. The second kappa shape index (κ2) is 8.28. The number of benzene rings is 1. The second-order valence-corrected chi connectivity index (χ2v) is 6.05. The molecule has 0 bridgehead atoms. The molecule has 20 heavy (non-hydrogen) atoms. The molecule has 0 spiro atoms. The summed E-state index contributed by atoms with van der Waals surface area (Å²) in [4.78, 5) is 11.7. The van der Waals surface area contributed by atoms with Crippen LogP contribution in [0.5, 0.6) is 0 Å². The van der Waals surface area contributed by atoms with Gasteiger partial charge in [-0.1, -0.05) is 43.7 Å². The fourth-order valence-corrected chi connectivity index (χ4v) is 1.93. The maximum Gasteiger partial charge on any atom is 0.220 e. The van der Waals surface area contributed by atoms with Gasteiger partial charge in [-0.25, -0.2) is 0 Å². The highest BCUT2D eigenvalue weighted by molar-refractivity contribution is 5.85. The summed E-state index contributed by atoms with van der Waals surface area (Å²) in [5.74, 6) is 0.0815. The van der Waals surface area contributed by atoms with E-state index in [0.717, 1.165) is 6.42 Å². The molecule has 1 rings (SSSR count). The fraction of sp³-hybridized carbons (Fsp3) is 0.562. The molecule has 0 aromatic heterocycles. The lowest BCUT2D eigenvalue weighted by atomic mass is 9.84. The van der Waals surface area contributed by atoms with Gasteiger partial charge in [-0.05, 0) is 25.8 Å². The predicted molar refractivity (Wildman–Crippen MR) is 87.3 cm³/mol. The minimum Gasteiger partial charge on any atom is -0.355 e. The SMILES string of the molecule is Cc1cccc(C(C)(C)CNC(=O)CCC(C)N)c1.Cl. The number of hydrogen-bond donors (Lipinski definition) is 2. The van der Waals surface area contributed by atoms with Crippen LogP contribution >= 0.6 is 12.4 Å². The van der Waals surface area contributed by atoms with E-state index < -0.39 is 0 Å². The van der Waals surface area contributed by atoms with E-state index in [1.807, 2.05) is 6.92 Å². The summed E-state index contributed by atoms with van der Waals surface area (Å²) in [5, 5.41) is 3.00. The first-order valence-electron chi connectivity index (χ1n) is 6.91. The molecule has 0 aliphatic heterocycles. The van der Waals surface area contributed by atoms with E-state index in [4.69, 9.17) is 5.73 Å². The van der Waals surface area contributed by atoms with Gasteiger partial charge in [0.25, 0.3) is 0 Å². The average Bonchev–Trinajstić information content (AvgIpc) is 2.34. The van der Waals surface area contributed by atoms with Crippen molar-refractivity contribution >= 4 is 18.3 Å². The van der Waals surface area contributed by atoms with Crippen LogP contribution in [0.3, 0.4) is 0 Å². The van der Waals surface area contributed by atoms with Crippen molar-refractivity contribution in [1.82, 2.24) is 5.32 Å². The van der Waals surface area contributed by atoms with E-state index >= 15 is 0 Å². The lowest BCUT2D eigenvalue weighted by Crippen LogP contribution is -2.37. The first kappa shape index (κ1) is 18.9. The van der Waals surface area contributed by atoms with Crippen LogP contribution in [0.25, 0.3) is 0 Å². The van der Waals surface area contributed by atoms with Crippen LogP contribution in [-0.4, -0.2) is 18.5 Å². The number of amides is 1. The van der Waals surface area contributed by atoms with Crippen molar-refractivity contribution in [2.24, 2.45) is 5.73 Å². The molecular weight excluding hydrogens is 272 g/mol. The standard InChI is InChI=1S/C16H26N2O.ClH/c1-12-6-5-7-14(10-12)16(3,4)11-18-15(19)9-8-13(2)17;/h5-7,10,13H,8-9,11,17H2,1-4H3,(H,18,19);1H. The Labute approximate surface area is 128 Å². The quantitative estimate of drug-likeness (QED) is 0.848. The van der Waals surface area contributed by atoms with E-state index in [2.05, 4.69) is 50.4 Å². The van der Waals surface area contributed by atoms with Gasteiger partial charge in [0.15, 0.2) is 0 Å². The third-order valence-corrected chi connectivity index (χ3v) is 3.35. The molecule has 4 heteroatoms. The molecule has 114 valence electrons. The van der Waals surface area contributed by atoms with Gasteiger partial charge >= 0.3 is 0 Å². The van der Waals surface area contributed by atoms with Crippen molar-refractivity contribution in [3.8, 4) is 0 Å². The molecular formula is C16H27ClN2O. The number of rotatable bonds is 6. The van der Waals surface area contributed by atoms with Crippen molar-refractivity contribution in [3.63, 3.8) is 0 Å². The minimum atomic E-state index is -0.0595. The van der Waals surface area contributed by atoms with Crippen LogP contribution in [0.1, 0.15) is 44.7 Å². The molecule has 1 aromatic rings. The Bertz CT molecular complexity index is 430. The number of carbonyl (C=O) groups excluding carboxylic acids is 1. The highest BCUT2D eigenvalue weighted by Crippen LogP contribution is 2.23. The predicted octanol–water partition coefficient (Wildman–Crippen LogP) is 2.94. The monoisotopic (exact) mass is 298 g/mol. The zero-order chi connectivity index (χ0) is 14.5. The molecule has 0 heterocycles. The number of hydrogen-bond acceptors (Lipinski definition) is 2. The second-order valence-electron chi connectivity index (χ2n) is 6.05. The molecule has 1 unspecified atom stereocenters. The molecule has 0 aliphatic carbocycles. The van der Waals surface area contributed by atoms with Gasteiger partial charge in [0, 0.05) is 24.4 Å². The topological polar surface area (TPSA) is 55.1 Å². The largest absolute Gasteiger partial charge is 0.355 e. The van der Waals surface area contributed by atoms with Gasteiger partial charge in [0.2, 0.25) is 5.91 Å². The number of aryl methyl sites for hydroxylation is 1. The Morgan fingerprint density at radius 3 is 2.60 bits per heavy atom. The number of nitrogens with one attached hydrogen (secondary N) is 1. The Morgan fingerprint density at radius 1 is 1.40 bits per heavy atom. The van der Waals surface area contributed by atoms with Crippen LogP contribution in [0, 0.1) is 6.92 Å². The summed E-state index contributed by atoms with van der Waals surface area (Å²) in [6.07, 6.45) is 1.23. The van der Waals surface area contributed by atoms with Gasteiger partial charge in [0.1, 0.15) is 0 Å². The molecule has 0 fully saturated rings. The Kier molecular flexibility index (Phi) is 7.84. The lowest BCUT2D eigenvalue weighted by Gasteiger charge is -2.26. The Morgan fingerprint density at radius 2 is 2.05 bits per heavy atom. The molecule has 0 saturated carbocycles. The Hall–Kier alpha value is -1.06. The zero-order valence-electron chi connectivity index (χ0n) is 12.9. The van der Waals surface area contributed by atoms with Crippen molar-refractivity contribution < 1.29 is 4.79 Å². The summed E-state index contributed by atoms with van der Waals surface area (Å²) in [6, 6.07) is 8.51. The Balaban J connectivity index is 0.00000361. The molecule has 1 atom stereocenters. The van der Waals surface area contributed by atoms with Crippen molar-refractivity contribution in [3.05, 3.63) is 35.4 Å². The summed E-state index contributed by atoms with van der Waals surface area (Å²) >= 11 is 0. The van der Waals surface area contributed by atoms with Gasteiger partial charge in [-0.2, -0.15) is 0 Å². The molecule has 3 N–H and O–H groups in total. The van der Waals surface area contributed by atoms with E-state index in [-0.39, 0.29) is 29.8 Å². The maximum atomic E-state index is 11.7. The van der Waals surface area contributed by atoms with Crippen molar-refractivity contribution in [2.75, 3.05) is 6.54 Å². The number of nitrogens with two attached hydrogens (primary N) is 1. The lowest BCUT2D eigenvalue weighted by molar-refractivity contribution is -0.121. The minimum absolute atomic E-state index is 0. The molecule has 1 amide bonds. The molecule has 0 radical (unpaired) electrons. The average molecular weight is 299 g/mol. The summed E-state index contributed by atoms with van der Waals surface area (Å²) < 4.78 is 0. The van der Waals surface area contributed by atoms with Crippen LogP contribution in [-0.2, 0) is 10.2 Å². The van der Waals surface area contributed by atoms with Gasteiger partial charge in [0.05, 0.1) is 0 Å². The van der Waals surface area contributed by atoms with Crippen LogP contribution in [0.15, 0.2) is 24.3 Å². The highest BCUT2D eigenvalue weighted by atomic mass is 35.5. The first-order chi connectivity index (χ1) is 8.81.